The summed E-state index contributed by atoms with van der Waals surface area (Å²) in [6.45, 7) is 7.22. The van der Waals surface area contributed by atoms with Crippen molar-refractivity contribution in [2.75, 3.05) is 37.7 Å². The molecule has 2 fully saturated rings. The molecule has 4 nitrogen and oxygen atoms in total. The van der Waals surface area contributed by atoms with Crippen LogP contribution in [0.4, 0.5) is 5.69 Å². The molecule has 2 unspecified atom stereocenters. The molecular formula is C17H27N3O. The second-order valence-electron chi connectivity index (χ2n) is 6.32. The fourth-order valence-corrected chi connectivity index (χ4v) is 3.47. The first-order valence-corrected chi connectivity index (χ1v) is 8.15. The van der Waals surface area contributed by atoms with Gasteiger partial charge in [-0.1, -0.05) is 18.2 Å². The molecule has 3 rings (SSSR count). The van der Waals surface area contributed by atoms with Gasteiger partial charge in [-0.25, -0.2) is 0 Å². The van der Waals surface area contributed by atoms with Gasteiger partial charge in [0.2, 0.25) is 0 Å². The Morgan fingerprint density at radius 1 is 1.14 bits per heavy atom. The number of morpholine rings is 1. The summed E-state index contributed by atoms with van der Waals surface area (Å²) in [4.78, 5) is 5.10. The number of ether oxygens (including phenoxy) is 1. The quantitative estimate of drug-likeness (QED) is 0.920. The standard InChI is InChI=1S/C17H27N3O/c1-14(18)17-13-20(11-12-21-17)16-7-9-19(10-8-16)15-5-3-2-4-6-15/h2-6,14,16-17H,7-13,18H2,1H3. The Hall–Kier alpha value is -1.10. The average Bonchev–Trinajstić information content (AvgIpc) is 2.56. The molecule has 0 spiro atoms. The van der Waals surface area contributed by atoms with Crippen LogP contribution in [0.5, 0.6) is 0 Å². The first-order valence-electron chi connectivity index (χ1n) is 8.15. The van der Waals surface area contributed by atoms with Gasteiger partial charge in [0.1, 0.15) is 0 Å². The van der Waals surface area contributed by atoms with E-state index in [4.69, 9.17) is 10.5 Å². The summed E-state index contributed by atoms with van der Waals surface area (Å²) in [6.07, 6.45) is 2.67. The highest BCUT2D eigenvalue weighted by Crippen LogP contribution is 2.23. The van der Waals surface area contributed by atoms with Crippen molar-refractivity contribution in [2.24, 2.45) is 5.73 Å². The summed E-state index contributed by atoms with van der Waals surface area (Å²) in [5.41, 5.74) is 7.35. The van der Waals surface area contributed by atoms with Gasteiger partial charge in [0.25, 0.3) is 0 Å². The molecule has 0 bridgehead atoms. The summed E-state index contributed by atoms with van der Waals surface area (Å²) in [6, 6.07) is 11.6. The molecule has 21 heavy (non-hydrogen) atoms. The summed E-state index contributed by atoms with van der Waals surface area (Å²) >= 11 is 0. The van der Waals surface area contributed by atoms with Crippen LogP contribution in [0.3, 0.4) is 0 Å². The summed E-state index contributed by atoms with van der Waals surface area (Å²) in [5.74, 6) is 0. The molecule has 2 aliphatic heterocycles. The molecule has 0 aliphatic carbocycles. The lowest BCUT2D eigenvalue weighted by atomic mass is 10.0. The number of nitrogens with two attached hydrogens (primary N) is 1. The van der Waals surface area contributed by atoms with Gasteiger partial charge in [-0.15, -0.1) is 0 Å². The number of hydrogen-bond donors (Lipinski definition) is 1. The van der Waals surface area contributed by atoms with Crippen molar-refractivity contribution < 1.29 is 4.74 Å². The minimum atomic E-state index is 0.122. The molecule has 2 atom stereocenters. The topological polar surface area (TPSA) is 41.7 Å². The van der Waals surface area contributed by atoms with E-state index in [1.807, 2.05) is 6.92 Å². The molecule has 0 radical (unpaired) electrons. The Balaban J connectivity index is 1.53. The minimum Gasteiger partial charge on any atom is -0.374 e. The highest BCUT2D eigenvalue weighted by molar-refractivity contribution is 5.46. The number of hydrogen-bond acceptors (Lipinski definition) is 4. The van der Waals surface area contributed by atoms with Crippen molar-refractivity contribution >= 4 is 5.69 Å². The van der Waals surface area contributed by atoms with Gasteiger partial charge in [-0.3, -0.25) is 4.90 Å². The van der Waals surface area contributed by atoms with Gasteiger partial charge in [0, 0.05) is 44.0 Å². The third kappa shape index (κ3) is 3.57. The van der Waals surface area contributed by atoms with Gasteiger partial charge in [0.15, 0.2) is 0 Å². The summed E-state index contributed by atoms with van der Waals surface area (Å²) < 4.78 is 5.77. The maximum absolute atomic E-state index is 6.00. The Morgan fingerprint density at radius 2 is 1.86 bits per heavy atom. The Labute approximate surface area is 127 Å². The molecule has 0 amide bonds. The van der Waals surface area contributed by atoms with E-state index in [0.29, 0.717) is 6.04 Å². The molecule has 2 aliphatic rings. The van der Waals surface area contributed by atoms with Gasteiger partial charge >= 0.3 is 0 Å². The van der Waals surface area contributed by atoms with Gasteiger partial charge in [0.05, 0.1) is 12.7 Å². The second-order valence-corrected chi connectivity index (χ2v) is 6.32. The van der Waals surface area contributed by atoms with Crippen LogP contribution in [0.1, 0.15) is 19.8 Å². The lowest BCUT2D eigenvalue weighted by molar-refractivity contribution is -0.0543. The largest absolute Gasteiger partial charge is 0.374 e. The molecule has 1 aromatic carbocycles. The van der Waals surface area contributed by atoms with Crippen LogP contribution in [0.15, 0.2) is 30.3 Å². The van der Waals surface area contributed by atoms with Crippen LogP contribution in [0.2, 0.25) is 0 Å². The van der Waals surface area contributed by atoms with Crippen molar-refractivity contribution in [3.8, 4) is 0 Å². The molecule has 0 aromatic heterocycles. The van der Waals surface area contributed by atoms with Crippen molar-refractivity contribution in [1.82, 2.24) is 4.90 Å². The molecule has 1 aromatic rings. The molecule has 2 heterocycles. The highest BCUT2D eigenvalue weighted by Gasteiger charge is 2.30. The van der Waals surface area contributed by atoms with E-state index >= 15 is 0 Å². The van der Waals surface area contributed by atoms with E-state index in [1.54, 1.807) is 0 Å². The number of benzene rings is 1. The number of nitrogens with zero attached hydrogens (tertiary/aromatic N) is 2. The Kier molecular flexibility index (Phi) is 4.78. The van der Waals surface area contributed by atoms with Gasteiger partial charge in [-0.2, -0.15) is 0 Å². The monoisotopic (exact) mass is 289 g/mol. The van der Waals surface area contributed by atoms with E-state index in [2.05, 4.69) is 40.1 Å². The van der Waals surface area contributed by atoms with Crippen LogP contribution >= 0.6 is 0 Å². The number of anilines is 1. The van der Waals surface area contributed by atoms with Gasteiger partial charge in [-0.05, 0) is 31.9 Å². The Morgan fingerprint density at radius 3 is 2.52 bits per heavy atom. The zero-order valence-corrected chi connectivity index (χ0v) is 12.9. The van der Waals surface area contributed by atoms with E-state index < -0.39 is 0 Å². The fourth-order valence-electron chi connectivity index (χ4n) is 3.47. The van der Waals surface area contributed by atoms with Crippen LogP contribution in [0, 0.1) is 0 Å². The predicted molar refractivity (Wildman–Crippen MR) is 86.6 cm³/mol. The third-order valence-electron chi connectivity index (χ3n) is 4.81. The van der Waals surface area contributed by atoms with Crippen LogP contribution in [0.25, 0.3) is 0 Å². The Bertz CT molecular complexity index is 429. The third-order valence-corrected chi connectivity index (χ3v) is 4.81. The minimum absolute atomic E-state index is 0.122. The SMILES string of the molecule is CC(N)C1CN(C2CCN(c3ccccc3)CC2)CCO1. The van der Waals surface area contributed by atoms with Crippen LogP contribution in [-0.2, 0) is 4.74 Å². The first-order chi connectivity index (χ1) is 10.2. The van der Waals surface area contributed by atoms with Crippen LogP contribution in [-0.4, -0.2) is 55.9 Å². The fraction of sp³-hybridized carbons (Fsp3) is 0.647. The first kappa shape index (κ1) is 14.8. The van der Waals surface area contributed by atoms with Crippen molar-refractivity contribution in [3.63, 3.8) is 0 Å². The van der Waals surface area contributed by atoms with Gasteiger partial charge < -0.3 is 15.4 Å². The summed E-state index contributed by atoms with van der Waals surface area (Å²) in [5, 5.41) is 0. The maximum atomic E-state index is 6.00. The predicted octanol–water partition coefficient (Wildman–Crippen LogP) is 1.70. The molecule has 2 N–H and O–H groups in total. The van der Waals surface area contributed by atoms with E-state index in [1.165, 1.54) is 18.5 Å². The molecular weight excluding hydrogens is 262 g/mol. The smallest absolute Gasteiger partial charge is 0.0850 e. The molecule has 116 valence electrons. The van der Waals surface area contributed by atoms with E-state index in [-0.39, 0.29) is 12.1 Å². The lowest BCUT2D eigenvalue weighted by Crippen LogP contribution is -2.55. The van der Waals surface area contributed by atoms with E-state index in [0.717, 1.165) is 32.8 Å². The number of rotatable bonds is 3. The number of piperidine rings is 1. The molecule has 2 saturated heterocycles. The highest BCUT2D eigenvalue weighted by atomic mass is 16.5. The zero-order chi connectivity index (χ0) is 14.7. The van der Waals surface area contributed by atoms with Crippen LogP contribution < -0.4 is 10.6 Å². The normalized spacial score (nSPS) is 26.8. The van der Waals surface area contributed by atoms with Crippen molar-refractivity contribution in [3.05, 3.63) is 30.3 Å². The van der Waals surface area contributed by atoms with Crippen molar-refractivity contribution in [2.45, 2.75) is 38.0 Å². The zero-order valence-electron chi connectivity index (χ0n) is 12.9. The number of para-hydroxylation sites is 1. The second kappa shape index (κ2) is 6.77. The van der Waals surface area contributed by atoms with E-state index in [9.17, 15) is 0 Å². The summed E-state index contributed by atoms with van der Waals surface area (Å²) in [7, 11) is 0. The average molecular weight is 289 g/mol. The van der Waals surface area contributed by atoms with Crippen molar-refractivity contribution in [1.29, 1.82) is 0 Å². The molecule has 0 saturated carbocycles. The molecule has 4 heteroatoms. The lowest BCUT2D eigenvalue weighted by Gasteiger charge is -2.43. The maximum Gasteiger partial charge on any atom is 0.0850 e.